The zero-order chi connectivity index (χ0) is 27.5. The Morgan fingerprint density at radius 3 is 2.21 bits per heavy atom. The van der Waals surface area contributed by atoms with Gasteiger partial charge in [0.2, 0.25) is 5.91 Å². The average molecular weight is 524 g/mol. The van der Waals surface area contributed by atoms with E-state index in [-0.39, 0.29) is 35.8 Å². The van der Waals surface area contributed by atoms with Gasteiger partial charge < -0.3 is 10.6 Å². The molecule has 1 saturated carbocycles. The van der Waals surface area contributed by atoms with Crippen LogP contribution in [0.5, 0.6) is 0 Å². The third-order valence-corrected chi connectivity index (χ3v) is 7.64. The lowest BCUT2D eigenvalue weighted by atomic mass is 10.00. The zero-order valence-corrected chi connectivity index (χ0v) is 22.3. The zero-order valence-electron chi connectivity index (χ0n) is 22.3. The lowest BCUT2D eigenvalue weighted by molar-refractivity contribution is -0.127. The predicted molar refractivity (Wildman–Crippen MR) is 151 cm³/mol. The van der Waals surface area contributed by atoms with Gasteiger partial charge in [-0.15, -0.1) is 0 Å². The van der Waals surface area contributed by atoms with E-state index in [1.807, 2.05) is 43.3 Å². The molecule has 2 aliphatic rings. The number of amides is 2. The molecule has 1 aliphatic carbocycles. The third-order valence-electron chi connectivity index (χ3n) is 7.64. The van der Waals surface area contributed by atoms with E-state index < -0.39 is 12.1 Å². The Kier molecular flexibility index (Phi) is 7.59. The molecule has 0 saturated heterocycles. The van der Waals surface area contributed by atoms with Crippen molar-refractivity contribution < 1.29 is 19.2 Å². The summed E-state index contributed by atoms with van der Waals surface area (Å²) in [7, 11) is 0. The van der Waals surface area contributed by atoms with Gasteiger partial charge in [0.1, 0.15) is 12.1 Å². The quantitative estimate of drug-likeness (QED) is 0.405. The summed E-state index contributed by atoms with van der Waals surface area (Å²) >= 11 is 0. The second kappa shape index (κ2) is 11.2. The molecule has 200 valence electrons. The summed E-state index contributed by atoms with van der Waals surface area (Å²) in [5.74, 6) is -0.897. The fraction of sp³-hybridized carbons (Fsp3) is 0.312. The Morgan fingerprint density at radius 1 is 0.897 bits per heavy atom. The number of aryl methyl sites for hydroxylation is 1. The van der Waals surface area contributed by atoms with Gasteiger partial charge in [0.05, 0.1) is 0 Å². The van der Waals surface area contributed by atoms with Gasteiger partial charge in [0.25, 0.3) is 5.91 Å². The van der Waals surface area contributed by atoms with Crippen molar-refractivity contribution in [2.45, 2.75) is 64.1 Å². The molecular formula is C32H33N3O4. The van der Waals surface area contributed by atoms with Crippen LogP contribution in [0.3, 0.4) is 0 Å². The van der Waals surface area contributed by atoms with Gasteiger partial charge in [-0.05, 0) is 57.0 Å². The van der Waals surface area contributed by atoms with E-state index in [0.29, 0.717) is 28.1 Å². The average Bonchev–Trinajstić information content (AvgIpc) is 3.40. The lowest BCUT2D eigenvalue weighted by Crippen LogP contribution is -2.49. The van der Waals surface area contributed by atoms with Gasteiger partial charge in [0, 0.05) is 40.5 Å². The standard InChI is InChI=1S/C32H33N3O4/c1-20-11-13-23(14-12-20)29(37)19-28-32(39)35(25-17-15-22(16-18-25)21(2)36)30(26-9-5-6-10-27(26)34-28)31(38)33-24-7-3-4-8-24/h5-6,9-18,24,28,30,34H,3-4,7-8,19H2,1-2H3,(H,33,38)/t28-,30+/m0/s1. The van der Waals surface area contributed by atoms with Gasteiger partial charge in [-0.2, -0.15) is 0 Å². The van der Waals surface area contributed by atoms with E-state index in [9.17, 15) is 19.2 Å². The first-order chi connectivity index (χ1) is 18.8. The van der Waals surface area contributed by atoms with Crippen LogP contribution in [0.15, 0.2) is 72.8 Å². The van der Waals surface area contributed by atoms with Crippen LogP contribution in [-0.2, 0) is 9.59 Å². The SMILES string of the molecule is CC(=O)c1ccc(N2C(=O)[C@H](CC(=O)c3ccc(C)cc3)Nc3ccccc3[C@@H]2C(=O)NC2CCCC2)cc1. The predicted octanol–water partition coefficient (Wildman–Crippen LogP) is 5.40. The van der Waals surface area contributed by atoms with Gasteiger partial charge >= 0.3 is 0 Å². The molecule has 7 heteroatoms. The molecule has 0 radical (unpaired) electrons. The van der Waals surface area contributed by atoms with E-state index in [2.05, 4.69) is 10.6 Å². The Labute approximate surface area is 228 Å². The van der Waals surface area contributed by atoms with Gasteiger partial charge in [-0.3, -0.25) is 24.1 Å². The van der Waals surface area contributed by atoms with Crippen LogP contribution >= 0.6 is 0 Å². The molecule has 5 rings (SSSR count). The molecule has 2 N–H and O–H groups in total. The molecule has 3 aromatic rings. The molecular weight excluding hydrogens is 490 g/mol. The van der Waals surface area contributed by atoms with Crippen molar-refractivity contribution in [1.82, 2.24) is 5.32 Å². The number of para-hydroxylation sites is 1. The first kappa shape index (κ1) is 26.4. The molecule has 0 bridgehead atoms. The van der Waals surface area contributed by atoms with Crippen LogP contribution in [0.4, 0.5) is 11.4 Å². The number of fused-ring (bicyclic) bond motifs is 1. The molecule has 0 aromatic heterocycles. The fourth-order valence-electron chi connectivity index (χ4n) is 5.47. The number of Topliss-reactive ketones (excluding diaryl/α,β-unsaturated/α-hetero) is 2. The minimum atomic E-state index is -0.940. The Hall–Kier alpha value is -4.26. The smallest absolute Gasteiger partial charge is 0.250 e. The van der Waals surface area contributed by atoms with Crippen molar-refractivity contribution in [1.29, 1.82) is 0 Å². The van der Waals surface area contributed by atoms with Crippen LogP contribution in [0, 0.1) is 6.92 Å². The van der Waals surface area contributed by atoms with Crippen molar-refractivity contribution >= 4 is 34.8 Å². The van der Waals surface area contributed by atoms with E-state index in [4.69, 9.17) is 0 Å². The van der Waals surface area contributed by atoms with E-state index >= 15 is 0 Å². The minimum Gasteiger partial charge on any atom is -0.373 e. The normalized spacial score (nSPS) is 19.1. The summed E-state index contributed by atoms with van der Waals surface area (Å²) < 4.78 is 0. The number of hydrogen-bond acceptors (Lipinski definition) is 5. The largest absolute Gasteiger partial charge is 0.373 e. The molecule has 2 atom stereocenters. The number of ketones is 2. The van der Waals surface area contributed by atoms with Gasteiger partial charge in [-0.1, -0.05) is 60.9 Å². The molecule has 0 spiro atoms. The van der Waals surface area contributed by atoms with Crippen molar-refractivity contribution in [3.05, 3.63) is 95.1 Å². The summed E-state index contributed by atoms with van der Waals surface area (Å²) in [6, 6.07) is 19.6. The Morgan fingerprint density at radius 2 is 1.54 bits per heavy atom. The second-order valence-corrected chi connectivity index (χ2v) is 10.5. The summed E-state index contributed by atoms with van der Waals surface area (Å²) in [4.78, 5) is 54.9. The summed E-state index contributed by atoms with van der Waals surface area (Å²) in [6.07, 6.45) is 3.87. The summed E-state index contributed by atoms with van der Waals surface area (Å²) in [6.45, 7) is 3.43. The van der Waals surface area contributed by atoms with Gasteiger partial charge in [-0.25, -0.2) is 0 Å². The number of carbonyl (C=O) groups is 4. The molecule has 3 aromatic carbocycles. The lowest BCUT2D eigenvalue weighted by Gasteiger charge is -2.32. The number of rotatable bonds is 7. The number of hydrogen-bond donors (Lipinski definition) is 2. The first-order valence-electron chi connectivity index (χ1n) is 13.5. The maximum absolute atomic E-state index is 14.3. The molecule has 1 fully saturated rings. The maximum Gasteiger partial charge on any atom is 0.250 e. The Balaban J connectivity index is 1.56. The van der Waals surface area contributed by atoms with Crippen molar-refractivity contribution in [2.24, 2.45) is 0 Å². The molecule has 7 nitrogen and oxygen atoms in total. The van der Waals surface area contributed by atoms with Crippen molar-refractivity contribution in [2.75, 3.05) is 10.2 Å². The highest BCUT2D eigenvalue weighted by molar-refractivity contribution is 6.10. The van der Waals surface area contributed by atoms with Crippen LogP contribution in [0.25, 0.3) is 0 Å². The van der Waals surface area contributed by atoms with E-state index in [1.54, 1.807) is 36.4 Å². The molecule has 1 heterocycles. The summed E-state index contributed by atoms with van der Waals surface area (Å²) in [5, 5.41) is 6.46. The van der Waals surface area contributed by atoms with Crippen LogP contribution in [-0.4, -0.2) is 35.5 Å². The van der Waals surface area contributed by atoms with Crippen LogP contribution in [0.1, 0.15) is 76.9 Å². The van der Waals surface area contributed by atoms with Gasteiger partial charge in [0.15, 0.2) is 11.6 Å². The molecule has 0 unspecified atom stereocenters. The van der Waals surface area contributed by atoms with Crippen molar-refractivity contribution in [3.8, 4) is 0 Å². The Bertz CT molecular complexity index is 1390. The monoisotopic (exact) mass is 523 g/mol. The topological polar surface area (TPSA) is 95.6 Å². The molecule has 2 amide bonds. The number of anilines is 2. The number of benzene rings is 3. The minimum absolute atomic E-state index is 0.0665. The highest BCUT2D eigenvalue weighted by Crippen LogP contribution is 2.37. The first-order valence-corrected chi connectivity index (χ1v) is 13.5. The van der Waals surface area contributed by atoms with E-state index in [0.717, 1.165) is 31.2 Å². The van der Waals surface area contributed by atoms with E-state index in [1.165, 1.54) is 11.8 Å². The highest BCUT2D eigenvalue weighted by atomic mass is 16.2. The molecule has 39 heavy (non-hydrogen) atoms. The second-order valence-electron chi connectivity index (χ2n) is 10.5. The summed E-state index contributed by atoms with van der Waals surface area (Å²) in [5.41, 5.74) is 3.87. The molecule has 1 aliphatic heterocycles. The van der Waals surface area contributed by atoms with Crippen LogP contribution in [0.2, 0.25) is 0 Å². The number of nitrogens with one attached hydrogen (secondary N) is 2. The fourth-order valence-corrected chi connectivity index (χ4v) is 5.47. The third kappa shape index (κ3) is 5.62. The maximum atomic E-state index is 14.3. The van der Waals surface area contributed by atoms with Crippen LogP contribution < -0.4 is 15.5 Å². The van der Waals surface area contributed by atoms with Crippen molar-refractivity contribution in [3.63, 3.8) is 0 Å². The number of nitrogens with zero attached hydrogens (tertiary/aromatic N) is 1. The number of carbonyl (C=O) groups excluding carboxylic acids is 4. The highest BCUT2D eigenvalue weighted by Gasteiger charge is 2.41.